The second-order valence-electron chi connectivity index (χ2n) is 9.08. The third-order valence-corrected chi connectivity index (χ3v) is 7.11. The molecule has 146 valence electrons. The Bertz CT molecular complexity index is 1150. The minimum Gasteiger partial charge on any atom is -0.343 e. The van der Waals surface area contributed by atoms with Crippen LogP contribution in [0.1, 0.15) is 67.9 Å². The average Bonchev–Trinajstić information content (AvgIpc) is 2.87. The van der Waals surface area contributed by atoms with Gasteiger partial charge < -0.3 is 4.90 Å². The van der Waals surface area contributed by atoms with Crippen LogP contribution in [0.4, 0.5) is 11.4 Å². The second kappa shape index (κ2) is 6.35. The molecule has 1 aliphatic carbocycles. The predicted molar refractivity (Wildman–Crippen MR) is 126 cm³/mol. The zero-order valence-corrected chi connectivity index (χ0v) is 18.1. The first-order chi connectivity index (χ1) is 13.9. The monoisotopic (exact) mass is 379 g/mol. The van der Waals surface area contributed by atoms with Crippen LogP contribution in [0, 0.1) is 0 Å². The molecule has 1 heteroatoms. The Morgan fingerprint density at radius 1 is 0.897 bits per heavy atom. The summed E-state index contributed by atoms with van der Waals surface area (Å²) in [7, 11) is 2.24. The molecule has 0 spiro atoms. The van der Waals surface area contributed by atoms with Gasteiger partial charge >= 0.3 is 0 Å². The Hall–Kier alpha value is -2.80. The summed E-state index contributed by atoms with van der Waals surface area (Å²) in [6.45, 7) is 9.35. The first-order valence-electron chi connectivity index (χ1n) is 10.8. The molecule has 0 bridgehead atoms. The van der Waals surface area contributed by atoms with Crippen molar-refractivity contribution in [1.82, 2.24) is 0 Å². The fourth-order valence-electron chi connectivity index (χ4n) is 5.35. The fraction of sp³-hybridized carbons (Fsp3) is 0.286. The molecule has 3 aromatic rings. The molecular formula is C28H29N. The highest BCUT2D eigenvalue weighted by Gasteiger charge is 2.39. The SMILES string of the molecule is CCC(C)c1cccc2c1C=Cc1ccc3c(c1N2C)C(C)(C)c1ccccc1-3. The van der Waals surface area contributed by atoms with Crippen molar-refractivity contribution in [3.8, 4) is 11.1 Å². The van der Waals surface area contributed by atoms with Gasteiger partial charge in [-0.05, 0) is 51.8 Å². The molecule has 0 saturated carbocycles. The van der Waals surface area contributed by atoms with Crippen molar-refractivity contribution < 1.29 is 0 Å². The van der Waals surface area contributed by atoms with E-state index in [9.17, 15) is 0 Å². The Morgan fingerprint density at radius 2 is 1.69 bits per heavy atom. The molecule has 0 aromatic heterocycles. The molecule has 1 aliphatic heterocycles. The van der Waals surface area contributed by atoms with Crippen molar-refractivity contribution >= 4 is 23.5 Å². The van der Waals surface area contributed by atoms with Gasteiger partial charge in [0.1, 0.15) is 0 Å². The van der Waals surface area contributed by atoms with Crippen LogP contribution in [-0.2, 0) is 5.41 Å². The van der Waals surface area contributed by atoms with Crippen LogP contribution in [0.5, 0.6) is 0 Å². The first-order valence-corrected chi connectivity index (χ1v) is 10.8. The zero-order chi connectivity index (χ0) is 20.3. The fourth-order valence-corrected chi connectivity index (χ4v) is 5.35. The molecule has 1 heterocycles. The van der Waals surface area contributed by atoms with Crippen LogP contribution in [0.25, 0.3) is 23.3 Å². The number of fused-ring (bicyclic) bond motifs is 6. The van der Waals surface area contributed by atoms with Crippen molar-refractivity contribution in [2.75, 3.05) is 11.9 Å². The van der Waals surface area contributed by atoms with Gasteiger partial charge in [0, 0.05) is 23.7 Å². The van der Waals surface area contributed by atoms with E-state index in [2.05, 4.69) is 106 Å². The number of benzene rings is 3. The molecule has 0 radical (unpaired) electrons. The Morgan fingerprint density at radius 3 is 2.48 bits per heavy atom. The van der Waals surface area contributed by atoms with Crippen molar-refractivity contribution in [3.63, 3.8) is 0 Å². The maximum atomic E-state index is 2.43. The molecule has 2 aliphatic rings. The van der Waals surface area contributed by atoms with Crippen molar-refractivity contribution in [2.45, 2.75) is 45.4 Å². The highest BCUT2D eigenvalue weighted by molar-refractivity contribution is 5.96. The molecule has 1 nitrogen and oxygen atoms in total. The average molecular weight is 380 g/mol. The molecule has 3 aromatic carbocycles. The molecular weight excluding hydrogens is 350 g/mol. The standard InChI is InChI=1S/C28H29N/c1-6-18(2)20-11-9-13-25-22(20)16-14-19-15-17-23-21-10-7-8-12-24(21)28(3,4)26(23)27(19)29(25)5/h7-18H,6H2,1-5H3. The predicted octanol–water partition coefficient (Wildman–Crippen LogP) is 7.76. The summed E-state index contributed by atoms with van der Waals surface area (Å²) < 4.78 is 0. The van der Waals surface area contributed by atoms with E-state index in [0.29, 0.717) is 5.92 Å². The van der Waals surface area contributed by atoms with Crippen LogP contribution in [-0.4, -0.2) is 7.05 Å². The van der Waals surface area contributed by atoms with Crippen molar-refractivity contribution in [3.05, 3.63) is 82.4 Å². The third kappa shape index (κ3) is 2.46. The van der Waals surface area contributed by atoms with Crippen molar-refractivity contribution in [2.24, 2.45) is 0 Å². The van der Waals surface area contributed by atoms with Gasteiger partial charge in [-0.25, -0.2) is 0 Å². The minimum atomic E-state index is -0.0157. The van der Waals surface area contributed by atoms with E-state index in [0.717, 1.165) is 6.42 Å². The second-order valence-corrected chi connectivity index (χ2v) is 9.08. The molecule has 5 rings (SSSR count). The first kappa shape index (κ1) is 18.2. The van der Waals surface area contributed by atoms with Gasteiger partial charge in [0.25, 0.3) is 0 Å². The summed E-state index contributed by atoms with van der Waals surface area (Å²) in [4.78, 5) is 2.43. The lowest BCUT2D eigenvalue weighted by molar-refractivity contribution is 0.660. The Balaban J connectivity index is 1.78. The number of anilines is 2. The number of hydrogen-bond acceptors (Lipinski definition) is 1. The van der Waals surface area contributed by atoms with E-state index in [1.54, 1.807) is 0 Å². The summed E-state index contributed by atoms with van der Waals surface area (Å²) in [6, 6.07) is 20.3. The largest absolute Gasteiger partial charge is 0.343 e. The van der Waals surface area contributed by atoms with Crippen LogP contribution in [0.2, 0.25) is 0 Å². The lowest BCUT2D eigenvalue weighted by Crippen LogP contribution is -2.21. The lowest BCUT2D eigenvalue weighted by Gasteiger charge is -2.31. The van der Waals surface area contributed by atoms with Crippen LogP contribution in [0.3, 0.4) is 0 Å². The quantitative estimate of drug-likeness (QED) is 0.440. The summed E-state index contributed by atoms with van der Waals surface area (Å²) in [6.07, 6.45) is 5.81. The van der Waals surface area contributed by atoms with Gasteiger partial charge in [0.2, 0.25) is 0 Å². The minimum absolute atomic E-state index is 0.0157. The normalized spacial score (nSPS) is 16.5. The maximum absolute atomic E-state index is 2.43. The maximum Gasteiger partial charge on any atom is 0.0529 e. The van der Waals surface area contributed by atoms with Gasteiger partial charge in [-0.2, -0.15) is 0 Å². The Kier molecular flexibility index (Phi) is 4.00. The van der Waals surface area contributed by atoms with Gasteiger partial charge in [-0.15, -0.1) is 0 Å². The van der Waals surface area contributed by atoms with Gasteiger partial charge in [-0.3, -0.25) is 0 Å². The van der Waals surface area contributed by atoms with Crippen LogP contribution in [0.15, 0.2) is 54.6 Å². The van der Waals surface area contributed by atoms with Crippen molar-refractivity contribution in [1.29, 1.82) is 0 Å². The topological polar surface area (TPSA) is 3.24 Å². The van der Waals surface area contributed by atoms with E-state index in [1.165, 1.54) is 50.3 Å². The molecule has 1 atom stereocenters. The molecule has 0 N–H and O–H groups in total. The summed E-state index contributed by atoms with van der Waals surface area (Å²) in [5.41, 5.74) is 12.4. The smallest absolute Gasteiger partial charge is 0.0529 e. The Labute approximate surface area is 174 Å². The number of hydrogen-bond donors (Lipinski definition) is 0. The third-order valence-electron chi connectivity index (χ3n) is 7.11. The van der Waals surface area contributed by atoms with Gasteiger partial charge in [0.05, 0.1) is 5.69 Å². The van der Waals surface area contributed by atoms with Crippen LogP contribution >= 0.6 is 0 Å². The molecule has 0 saturated heterocycles. The zero-order valence-electron chi connectivity index (χ0n) is 18.1. The number of nitrogens with zero attached hydrogens (tertiary/aromatic N) is 1. The molecule has 0 amide bonds. The van der Waals surface area contributed by atoms with E-state index < -0.39 is 0 Å². The molecule has 0 fully saturated rings. The van der Waals surface area contributed by atoms with Gasteiger partial charge in [-0.1, -0.05) is 88.4 Å². The summed E-state index contributed by atoms with van der Waals surface area (Å²) in [5, 5.41) is 0. The summed E-state index contributed by atoms with van der Waals surface area (Å²) in [5.74, 6) is 0.552. The molecule has 29 heavy (non-hydrogen) atoms. The van der Waals surface area contributed by atoms with Gasteiger partial charge in [0.15, 0.2) is 0 Å². The van der Waals surface area contributed by atoms with Crippen LogP contribution < -0.4 is 4.90 Å². The van der Waals surface area contributed by atoms with E-state index >= 15 is 0 Å². The highest BCUT2D eigenvalue weighted by atomic mass is 15.1. The molecule has 1 unspecified atom stereocenters. The lowest BCUT2D eigenvalue weighted by atomic mass is 9.80. The highest BCUT2D eigenvalue weighted by Crippen LogP contribution is 2.55. The van der Waals surface area contributed by atoms with E-state index in [4.69, 9.17) is 0 Å². The number of rotatable bonds is 2. The van der Waals surface area contributed by atoms with E-state index in [1.807, 2.05) is 0 Å². The summed E-state index contributed by atoms with van der Waals surface area (Å²) >= 11 is 0. The van der Waals surface area contributed by atoms with E-state index in [-0.39, 0.29) is 5.41 Å².